The van der Waals surface area contributed by atoms with E-state index in [-0.39, 0.29) is 0 Å². The molecule has 0 aliphatic carbocycles. The molecule has 2 aliphatic rings. The molecule has 216 valence electrons. The van der Waals surface area contributed by atoms with Gasteiger partial charge in [-0.05, 0) is 64.0 Å². The summed E-state index contributed by atoms with van der Waals surface area (Å²) in [5, 5.41) is 6.72. The summed E-state index contributed by atoms with van der Waals surface area (Å²) < 4.78 is 27.3. The highest BCUT2D eigenvalue weighted by Gasteiger charge is 2.60. The van der Waals surface area contributed by atoms with Gasteiger partial charge in [-0.25, -0.2) is 0 Å². The highest BCUT2D eigenvalue weighted by Crippen LogP contribution is 2.51. The lowest BCUT2D eigenvalue weighted by atomic mass is 9.82. The number of fused-ring (bicyclic) bond motifs is 16. The van der Waals surface area contributed by atoms with E-state index in [0.29, 0.717) is 5.89 Å². The minimum Gasteiger partial charge on any atom is -0.601 e. The normalized spacial score (nSPS) is 14.3. The molecule has 46 heavy (non-hydrogen) atoms. The van der Waals surface area contributed by atoms with Crippen molar-refractivity contribution in [2.24, 2.45) is 0 Å². The molecule has 7 heteroatoms. The third kappa shape index (κ3) is 2.99. The first-order valence-electron chi connectivity index (χ1n) is 15.4. The number of hydrogen-bond donors (Lipinski definition) is 0. The summed E-state index contributed by atoms with van der Waals surface area (Å²) in [6.45, 7) is -2.54. The highest BCUT2D eigenvalue weighted by molar-refractivity contribution is 9.10. The first-order chi connectivity index (χ1) is 22.7. The summed E-state index contributed by atoms with van der Waals surface area (Å²) in [4.78, 5) is 0. The topological polar surface area (TPSA) is 40.4 Å². The van der Waals surface area contributed by atoms with E-state index < -0.39 is 6.82 Å². The fraction of sp³-hybridized carbons (Fsp3) is 0. The Morgan fingerprint density at radius 2 is 1.24 bits per heavy atom. The van der Waals surface area contributed by atoms with E-state index in [1.807, 2.05) is 18.2 Å². The van der Waals surface area contributed by atoms with E-state index in [1.165, 1.54) is 0 Å². The van der Waals surface area contributed by atoms with Crippen LogP contribution in [0.1, 0.15) is 0 Å². The van der Waals surface area contributed by atoms with Crippen LogP contribution in [-0.2, 0) is 0 Å². The third-order valence-corrected chi connectivity index (χ3v) is 10.3. The molecular weight excluding hydrogens is 635 g/mol. The van der Waals surface area contributed by atoms with E-state index in [0.717, 1.165) is 87.1 Å². The van der Waals surface area contributed by atoms with Gasteiger partial charge in [0.25, 0.3) is 0 Å². The standard InChI is InChI=1S/C39H22BBrN2O3/c41-25-18-19-31-30(22-25)28-12-7-13-29-38(28)42(31)40(43-32-14-5-6-15-33(32)44-39(29)43)45-34-20-16-23-8-1-3-10-26(23)36(34)37-27-11-4-2-9-24(27)17-21-35(37)46-40/h1-22H. The zero-order valence-corrected chi connectivity index (χ0v) is 25.9. The van der Waals surface area contributed by atoms with Gasteiger partial charge in [0.05, 0.1) is 11.5 Å². The lowest BCUT2D eigenvalue weighted by Crippen LogP contribution is -2.78. The van der Waals surface area contributed by atoms with Crippen LogP contribution in [0.3, 0.4) is 0 Å². The van der Waals surface area contributed by atoms with Crippen molar-refractivity contribution in [2.45, 2.75) is 0 Å². The minimum absolute atomic E-state index is 0.702. The van der Waals surface area contributed by atoms with E-state index in [9.17, 15) is 0 Å². The molecule has 9 aromatic rings. The fourth-order valence-corrected chi connectivity index (χ4v) is 8.36. The Labute approximate surface area is 271 Å². The van der Waals surface area contributed by atoms with Crippen LogP contribution in [0, 0.1) is 0 Å². The van der Waals surface area contributed by atoms with E-state index in [2.05, 4.69) is 140 Å². The molecule has 4 heterocycles. The average Bonchev–Trinajstić information content (AvgIpc) is 3.60. The van der Waals surface area contributed by atoms with Crippen LogP contribution in [0.2, 0.25) is 0 Å². The van der Waals surface area contributed by atoms with Gasteiger partial charge in [0, 0.05) is 43.5 Å². The first kappa shape index (κ1) is 24.8. The second-order valence-electron chi connectivity index (χ2n) is 12.2. The molecule has 0 saturated carbocycles. The van der Waals surface area contributed by atoms with Crippen LogP contribution in [0.4, 0.5) is 0 Å². The van der Waals surface area contributed by atoms with Crippen molar-refractivity contribution in [3.63, 3.8) is 0 Å². The van der Waals surface area contributed by atoms with Crippen molar-refractivity contribution in [3.8, 4) is 34.1 Å². The summed E-state index contributed by atoms with van der Waals surface area (Å²) in [6, 6.07) is 46.4. The number of rotatable bonds is 0. The summed E-state index contributed by atoms with van der Waals surface area (Å²) in [6.07, 6.45) is 0. The number of hydrogen-bond acceptors (Lipinski definition) is 3. The molecule has 0 fully saturated rings. The van der Waals surface area contributed by atoms with Crippen LogP contribution in [0.5, 0.6) is 11.5 Å². The molecular formula is C39H22BBrN2O3. The molecule has 0 bridgehead atoms. The van der Waals surface area contributed by atoms with Gasteiger partial charge in [-0.2, -0.15) is 0 Å². The monoisotopic (exact) mass is 656 g/mol. The number of para-hydroxylation sites is 3. The maximum absolute atomic E-state index is 7.56. The van der Waals surface area contributed by atoms with E-state index in [1.54, 1.807) is 0 Å². The van der Waals surface area contributed by atoms with E-state index >= 15 is 0 Å². The van der Waals surface area contributed by atoms with Gasteiger partial charge in [0.1, 0.15) is 5.56 Å². The Morgan fingerprint density at radius 3 is 1.98 bits per heavy atom. The smallest absolute Gasteiger partial charge is 0.601 e. The SMILES string of the molecule is Brc1ccc2c(c1)c1cccc3c1n2[B-]1(Oc2ccc4ccccc4c2-c2c(ccc4ccccc24)O1)[n+]1c-3oc2ccccc21. The number of aromatic nitrogens is 2. The summed E-state index contributed by atoms with van der Waals surface area (Å²) in [5.74, 6) is 2.21. The second kappa shape index (κ2) is 8.59. The molecule has 0 radical (unpaired) electrons. The summed E-state index contributed by atoms with van der Waals surface area (Å²) >= 11 is 3.74. The average molecular weight is 657 g/mol. The number of benzene rings is 7. The lowest BCUT2D eigenvalue weighted by molar-refractivity contribution is -0.539. The van der Waals surface area contributed by atoms with Crippen molar-refractivity contribution >= 4 is 77.2 Å². The molecule has 0 atom stereocenters. The van der Waals surface area contributed by atoms with E-state index in [4.69, 9.17) is 13.7 Å². The Kier molecular flexibility index (Phi) is 4.62. The van der Waals surface area contributed by atoms with Gasteiger partial charge < -0.3 is 18.2 Å². The zero-order valence-electron chi connectivity index (χ0n) is 24.3. The maximum Gasteiger partial charge on any atom is 0.783 e. The Bertz CT molecular complexity index is 2710. The second-order valence-corrected chi connectivity index (χ2v) is 13.1. The van der Waals surface area contributed by atoms with Gasteiger partial charge in [0.2, 0.25) is 5.52 Å². The Balaban J connectivity index is 1.38. The van der Waals surface area contributed by atoms with Gasteiger partial charge >= 0.3 is 12.7 Å². The van der Waals surface area contributed by atoms with Crippen LogP contribution >= 0.6 is 15.9 Å². The molecule has 2 aromatic heterocycles. The van der Waals surface area contributed by atoms with Crippen molar-refractivity contribution < 1.29 is 18.2 Å². The van der Waals surface area contributed by atoms with Crippen LogP contribution in [0.25, 0.3) is 77.0 Å². The van der Waals surface area contributed by atoms with Gasteiger partial charge in [-0.15, -0.1) is 0 Å². The number of halogens is 1. The Morgan fingerprint density at radius 1 is 0.587 bits per heavy atom. The quantitative estimate of drug-likeness (QED) is 0.153. The minimum atomic E-state index is -2.54. The molecule has 0 unspecified atom stereocenters. The maximum atomic E-state index is 7.56. The molecule has 0 saturated heterocycles. The van der Waals surface area contributed by atoms with Crippen LogP contribution < -0.4 is 13.8 Å². The van der Waals surface area contributed by atoms with Crippen LogP contribution in [-0.4, -0.2) is 11.3 Å². The number of nitrogens with zero attached hydrogens (tertiary/aromatic N) is 2. The molecule has 5 nitrogen and oxygen atoms in total. The van der Waals surface area contributed by atoms with Gasteiger partial charge in [-0.3, -0.25) is 4.48 Å². The summed E-state index contributed by atoms with van der Waals surface area (Å²) in [7, 11) is 0. The highest BCUT2D eigenvalue weighted by atomic mass is 79.9. The first-order valence-corrected chi connectivity index (χ1v) is 16.2. The van der Waals surface area contributed by atoms with Gasteiger partial charge in [0.15, 0.2) is 5.58 Å². The van der Waals surface area contributed by atoms with Crippen molar-refractivity contribution in [3.05, 3.63) is 138 Å². The van der Waals surface area contributed by atoms with Crippen molar-refractivity contribution in [1.82, 2.24) is 4.48 Å². The molecule has 0 N–H and O–H groups in total. The molecule has 7 aromatic carbocycles. The molecule has 2 aliphatic heterocycles. The summed E-state index contributed by atoms with van der Waals surface area (Å²) in [5.41, 5.74) is 6.72. The molecule has 11 rings (SSSR count). The van der Waals surface area contributed by atoms with Gasteiger partial charge in [-0.1, -0.05) is 101 Å². The van der Waals surface area contributed by atoms with Crippen molar-refractivity contribution in [2.75, 3.05) is 0 Å². The lowest BCUT2D eigenvalue weighted by Gasteiger charge is -2.38. The van der Waals surface area contributed by atoms with Crippen LogP contribution in [0.15, 0.2) is 142 Å². The fourth-order valence-electron chi connectivity index (χ4n) is 8.00. The zero-order chi connectivity index (χ0) is 30.1. The largest absolute Gasteiger partial charge is 0.783 e. The molecule has 0 amide bonds. The predicted octanol–water partition coefficient (Wildman–Crippen LogP) is 9.85. The van der Waals surface area contributed by atoms with Crippen molar-refractivity contribution in [1.29, 1.82) is 0 Å². The molecule has 1 spiro atoms. The third-order valence-electron chi connectivity index (χ3n) is 9.81. The predicted molar refractivity (Wildman–Crippen MR) is 187 cm³/mol. The number of oxazole rings is 1. The Hall–Kier alpha value is -5.53.